The van der Waals surface area contributed by atoms with E-state index in [2.05, 4.69) is 0 Å². The molecule has 3 aromatic carbocycles. The second kappa shape index (κ2) is 9.07. The Morgan fingerprint density at radius 1 is 0.889 bits per heavy atom. The van der Waals surface area contributed by atoms with Crippen molar-refractivity contribution in [1.29, 1.82) is 0 Å². The fraction of sp³-hybridized carbons (Fsp3) is 0.241. The van der Waals surface area contributed by atoms with Gasteiger partial charge in [-0.1, -0.05) is 24.3 Å². The van der Waals surface area contributed by atoms with Crippen LogP contribution in [0.5, 0.6) is 5.75 Å². The van der Waals surface area contributed by atoms with E-state index in [0.29, 0.717) is 33.7 Å². The smallest absolute Gasteiger partial charge is 0.265 e. The summed E-state index contributed by atoms with van der Waals surface area (Å²) in [7, 11) is 0. The summed E-state index contributed by atoms with van der Waals surface area (Å²) in [4.78, 5) is 46.0. The first-order valence-electron chi connectivity index (χ1n) is 12.0. The summed E-state index contributed by atoms with van der Waals surface area (Å²) < 4.78 is 7.37. The Bertz CT molecular complexity index is 1590. The van der Waals surface area contributed by atoms with Crippen molar-refractivity contribution < 1.29 is 14.3 Å². The van der Waals surface area contributed by atoms with Crippen molar-refractivity contribution in [3.8, 4) is 11.4 Å². The lowest BCUT2D eigenvalue weighted by molar-refractivity contribution is 0.0654. The highest BCUT2D eigenvalue weighted by molar-refractivity contribution is 6.22. The molecule has 0 N–H and O–H groups in total. The van der Waals surface area contributed by atoms with Gasteiger partial charge in [-0.3, -0.25) is 23.9 Å². The molecule has 0 bridgehead atoms. The molecule has 0 spiro atoms. The Hall–Kier alpha value is -4.26. The molecule has 5 rings (SSSR count). The summed E-state index contributed by atoms with van der Waals surface area (Å²) in [5.74, 6) is 0.121. The van der Waals surface area contributed by atoms with Crippen molar-refractivity contribution in [2.75, 3.05) is 6.54 Å². The molecule has 7 heteroatoms. The average molecular weight is 482 g/mol. The van der Waals surface area contributed by atoms with Crippen molar-refractivity contribution in [2.45, 2.75) is 40.2 Å². The minimum Gasteiger partial charge on any atom is -0.490 e. The summed E-state index contributed by atoms with van der Waals surface area (Å²) in [6, 6.07) is 18.2. The Kier molecular flexibility index (Phi) is 5.92. The van der Waals surface area contributed by atoms with E-state index in [4.69, 9.17) is 9.72 Å². The normalized spacial score (nSPS) is 13.1. The van der Waals surface area contributed by atoms with Crippen molar-refractivity contribution in [1.82, 2.24) is 14.5 Å². The van der Waals surface area contributed by atoms with Crippen LogP contribution in [-0.4, -0.2) is 38.9 Å². The topological polar surface area (TPSA) is 81.5 Å². The third kappa shape index (κ3) is 4.06. The largest absolute Gasteiger partial charge is 0.490 e. The highest BCUT2D eigenvalue weighted by Gasteiger charge is 2.38. The van der Waals surface area contributed by atoms with Crippen LogP contribution < -0.4 is 10.3 Å². The van der Waals surface area contributed by atoms with Gasteiger partial charge in [-0.15, -0.1) is 0 Å². The van der Waals surface area contributed by atoms with Gasteiger partial charge in [0.1, 0.15) is 11.6 Å². The molecule has 0 fully saturated rings. The molecule has 4 aromatic rings. The zero-order chi connectivity index (χ0) is 25.6. The van der Waals surface area contributed by atoms with E-state index >= 15 is 0 Å². The van der Waals surface area contributed by atoms with Crippen LogP contribution in [0.3, 0.4) is 0 Å². The van der Waals surface area contributed by atoms with E-state index in [1.165, 1.54) is 4.90 Å². The summed E-state index contributed by atoms with van der Waals surface area (Å²) >= 11 is 0. The zero-order valence-electron chi connectivity index (χ0n) is 20.7. The van der Waals surface area contributed by atoms with Gasteiger partial charge in [0, 0.05) is 13.0 Å². The minimum absolute atomic E-state index is 0.0864. The number of benzene rings is 3. The number of carbonyl (C=O) groups is 2. The number of imide groups is 1. The van der Waals surface area contributed by atoms with Crippen molar-refractivity contribution in [3.63, 3.8) is 0 Å². The van der Waals surface area contributed by atoms with Gasteiger partial charge < -0.3 is 4.74 Å². The molecule has 0 atom stereocenters. The lowest BCUT2D eigenvalue weighted by Crippen LogP contribution is -2.33. The summed E-state index contributed by atoms with van der Waals surface area (Å²) in [5, 5.41) is 0.516. The van der Waals surface area contributed by atoms with Crippen molar-refractivity contribution in [2.24, 2.45) is 0 Å². The van der Waals surface area contributed by atoms with E-state index in [1.807, 2.05) is 64.1 Å². The van der Waals surface area contributed by atoms with Crippen LogP contribution in [0.25, 0.3) is 16.6 Å². The number of fused-ring (bicyclic) bond motifs is 2. The Morgan fingerprint density at radius 3 is 2.39 bits per heavy atom. The average Bonchev–Trinajstić information content (AvgIpc) is 3.07. The Labute approximate surface area is 209 Å². The van der Waals surface area contributed by atoms with Gasteiger partial charge in [-0.25, -0.2) is 4.98 Å². The van der Waals surface area contributed by atoms with Crippen LogP contribution in [0, 0.1) is 13.8 Å². The molecule has 1 aliphatic rings. The molecule has 0 saturated carbocycles. The number of hydrogen-bond acceptors (Lipinski definition) is 5. The number of aryl methyl sites for hydroxylation is 2. The molecule has 182 valence electrons. The highest BCUT2D eigenvalue weighted by Crippen LogP contribution is 2.31. The molecular formula is C29H27N3O4. The first-order valence-corrected chi connectivity index (χ1v) is 12.0. The number of hydrogen-bond donors (Lipinski definition) is 0. The monoisotopic (exact) mass is 481 g/mol. The molecule has 2 amide bonds. The summed E-state index contributed by atoms with van der Waals surface area (Å²) in [6.45, 7) is 7.74. The molecule has 1 aliphatic heterocycles. The number of carbonyl (C=O) groups excluding carboxylic acids is 2. The van der Waals surface area contributed by atoms with E-state index < -0.39 is 5.91 Å². The van der Waals surface area contributed by atoms with Crippen LogP contribution in [0.1, 0.15) is 51.5 Å². The Morgan fingerprint density at radius 2 is 1.64 bits per heavy atom. The summed E-state index contributed by atoms with van der Waals surface area (Å²) in [6.07, 6.45) is 0.0845. The molecule has 0 radical (unpaired) electrons. The van der Waals surface area contributed by atoms with Crippen LogP contribution in [0.2, 0.25) is 0 Å². The van der Waals surface area contributed by atoms with Crippen LogP contribution in [-0.2, 0) is 6.42 Å². The standard InChI is InChI=1S/C29H27N3O4/c1-17(2)36-24-10-6-9-22-26(24)29(35)31(27(22)33)14-13-25-30-23-16-19(4)11-12-21(23)28(34)32(25)20-8-5-7-18(3)15-20/h5-12,15-17H,13-14H2,1-4H3. The lowest BCUT2D eigenvalue weighted by atomic mass is 10.1. The maximum atomic E-state index is 13.6. The van der Waals surface area contributed by atoms with E-state index in [9.17, 15) is 14.4 Å². The SMILES string of the molecule is Cc1cccc(-n2c(CCN3C(=O)c4cccc(OC(C)C)c4C3=O)nc3cc(C)ccc3c2=O)c1. The number of rotatable bonds is 6. The van der Waals surface area contributed by atoms with Crippen LogP contribution in [0.4, 0.5) is 0 Å². The molecule has 0 aliphatic carbocycles. The predicted octanol–water partition coefficient (Wildman–Crippen LogP) is 4.63. The van der Waals surface area contributed by atoms with Crippen LogP contribution in [0.15, 0.2) is 65.5 Å². The van der Waals surface area contributed by atoms with Gasteiger partial charge in [0.2, 0.25) is 0 Å². The van der Waals surface area contributed by atoms with E-state index in [0.717, 1.165) is 11.1 Å². The van der Waals surface area contributed by atoms with Gasteiger partial charge >= 0.3 is 0 Å². The number of ether oxygens (including phenoxy) is 1. The van der Waals surface area contributed by atoms with Crippen molar-refractivity contribution >= 4 is 22.7 Å². The van der Waals surface area contributed by atoms with Gasteiger partial charge in [0.05, 0.1) is 33.8 Å². The third-order valence-corrected chi connectivity index (χ3v) is 6.24. The van der Waals surface area contributed by atoms with Crippen LogP contribution >= 0.6 is 0 Å². The van der Waals surface area contributed by atoms with E-state index in [-0.39, 0.29) is 36.1 Å². The van der Waals surface area contributed by atoms with Gasteiger partial charge in [-0.05, 0) is 75.2 Å². The molecule has 2 heterocycles. The molecule has 0 unspecified atom stereocenters. The second-order valence-electron chi connectivity index (χ2n) is 9.39. The number of aromatic nitrogens is 2. The van der Waals surface area contributed by atoms with Gasteiger partial charge in [0.15, 0.2) is 0 Å². The molecule has 0 saturated heterocycles. The van der Waals surface area contributed by atoms with E-state index in [1.54, 1.807) is 28.8 Å². The molecule has 36 heavy (non-hydrogen) atoms. The highest BCUT2D eigenvalue weighted by atomic mass is 16.5. The van der Waals surface area contributed by atoms with Gasteiger partial charge in [-0.2, -0.15) is 0 Å². The van der Waals surface area contributed by atoms with Crippen molar-refractivity contribution in [3.05, 3.63) is 99.1 Å². The minimum atomic E-state index is -0.396. The third-order valence-electron chi connectivity index (χ3n) is 6.24. The number of amides is 2. The first kappa shape index (κ1) is 23.5. The quantitative estimate of drug-likeness (QED) is 0.375. The zero-order valence-corrected chi connectivity index (χ0v) is 20.7. The summed E-state index contributed by atoms with van der Waals surface area (Å²) in [5.41, 5.74) is 3.72. The second-order valence-corrected chi connectivity index (χ2v) is 9.39. The maximum Gasteiger partial charge on any atom is 0.265 e. The molecule has 7 nitrogen and oxygen atoms in total. The fourth-order valence-corrected chi connectivity index (χ4v) is 4.61. The Balaban J connectivity index is 1.55. The first-order chi connectivity index (χ1) is 17.2. The lowest BCUT2D eigenvalue weighted by Gasteiger charge is -2.18. The number of nitrogens with zero attached hydrogens (tertiary/aromatic N) is 3. The molecular weight excluding hydrogens is 454 g/mol. The fourth-order valence-electron chi connectivity index (χ4n) is 4.61. The predicted molar refractivity (Wildman–Crippen MR) is 138 cm³/mol. The maximum absolute atomic E-state index is 13.6. The molecule has 1 aromatic heterocycles. The van der Waals surface area contributed by atoms with Gasteiger partial charge in [0.25, 0.3) is 17.4 Å².